The summed E-state index contributed by atoms with van der Waals surface area (Å²) in [5, 5.41) is 1.28. The maximum absolute atomic E-state index is 13.5. The minimum atomic E-state index is -0.559. The zero-order valence-corrected chi connectivity index (χ0v) is 23.0. The van der Waals surface area contributed by atoms with Gasteiger partial charge in [0.1, 0.15) is 11.2 Å². The standard InChI is InChI=1S/C29H28Cl2N4O3/c1-29(2,3)38-28(37)34-16-14-33(15-17-34)27(36)21-8-13-24-32-25(19-4-9-22(30)10-5-19)26(35(24)18-21)20-6-11-23(31)12-7-20/h4-13,18H,14-17H2,1-3H3. The quantitative estimate of drug-likeness (QED) is 0.285. The number of hydrogen-bond acceptors (Lipinski definition) is 4. The average Bonchev–Trinajstić information content (AvgIpc) is 3.27. The second-order valence-electron chi connectivity index (χ2n) is 10.2. The van der Waals surface area contributed by atoms with Gasteiger partial charge in [-0.25, -0.2) is 9.78 Å². The van der Waals surface area contributed by atoms with Crippen molar-refractivity contribution in [3.8, 4) is 22.5 Å². The van der Waals surface area contributed by atoms with Crippen LogP contribution in [0.2, 0.25) is 10.0 Å². The predicted octanol–water partition coefficient (Wildman–Crippen LogP) is 6.67. The summed E-state index contributed by atoms with van der Waals surface area (Å²) in [4.78, 5) is 34.2. The van der Waals surface area contributed by atoms with Crippen LogP contribution in [0.1, 0.15) is 31.1 Å². The molecule has 0 saturated carbocycles. The molecule has 0 atom stereocenters. The van der Waals surface area contributed by atoms with E-state index in [1.807, 2.05) is 86.0 Å². The maximum atomic E-state index is 13.5. The molecule has 9 heteroatoms. The van der Waals surface area contributed by atoms with Crippen LogP contribution >= 0.6 is 23.2 Å². The second kappa shape index (κ2) is 10.3. The zero-order valence-electron chi connectivity index (χ0n) is 21.4. The van der Waals surface area contributed by atoms with Gasteiger partial charge in [-0.2, -0.15) is 0 Å². The first-order valence-corrected chi connectivity index (χ1v) is 13.2. The first-order chi connectivity index (χ1) is 18.1. The molecule has 2 amide bonds. The Morgan fingerprint density at radius 3 is 1.92 bits per heavy atom. The van der Waals surface area contributed by atoms with Crippen molar-refractivity contribution < 1.29 is 14.3 Å². The molecule has 4 aromatic rings. The Morgan fingerprint density at radius 2 is 1.34 bits per heavy atom. The number of ether oxygens (including phenoxy) is 1. The first-order valence-electron chi connectivity index (χ1n) is 12.4. The molecule has 7 nitrogen and oxygen atoms in total. The number of amides is 2. The van der Waals surface area contributed by atoms with E-state index in [1.165, 1.54) is 0 Å². The number of benzene rings is 2. The molecule has 1 saturated heterocycles. The molecule has 2 aromatic heterocycles. The minimum Gasteiger partial charge on any atom is -0.444 e. The van der Waals surface area contributed by atoms with E-state index in [2.05, 4.69) is 0 Å². The highest BCUT2D eigenvalue weighted by Gasteiger charge is 2.28. The smallest absolute Gasteiger partial charge is 0.410 e. The number of fused-ring (bicyclic) bond motifs is 1. The normalized spacial score (nSPS) is 14.1. The van der Waals surface area contributed by atoms with Gasteiger partial charge in [-0.1, -0.05) is 47.5 Å². The number of carbonyl (C=O) groups is 2. The Hall–Kier alpha value is -3.55. The highest BCUT2D eigenvalue weighted by molar-refractivity contribution is 6.31. The van der Waals surface area contributed by atoms with Gasteiger partial charge in [0.05, 0.1) is 17.0 Å². The Kier molecular flexibility index (Phi) is 7.07. The van der Waals surface area contributed by atoms with Crippen LogP contribution in [-0.2, 0) is 4.74 Å². The Balaban J connectivity index is 1.46. The van der Waals surface area contributed by atoms with Gasteiger partial charge in [0.2, 0.25) is 0 Å². The molecular weight excluding hydrogens is 523 g/mol. The molecule has 3 heterocycles. The van der Waals surface area contributed by atoms with E-state index in [1.54, 1.807) is 15.9 Å². The fourth-order valence-corrected chi connectivity index (χ4v) is 4.72. The number of carbonyl (C=O) groups excluding carboxylic acids is 2. The van der Waals surface area contributed by atoms with E-state index in [-0.39, 0.29) is 12.0 Å². The minimum absolute atomic E-state index is 0.0977. The molecule has 0 aliphatic carbocycles. The highest BCUT2D eigenvalue weighted by Crippen LogP contribution is 2.34. The van der Waals surface area contributed by atoms with Crippen LogP contribution in [0.25, 0.3) is 28.2 Å². The van der Waals surface area contributed by atoms with E-state index >= 15 is 0 Å². The Labute approximate surface area is 231 Å². The number of piperazine rings is 1. The van der Waals surface area contributed by atoms with Crippen LogP contribution in [-0.4, -0.2) is 63.0 Å². The number of aromatic nitrogens is 2. The third-order valence-electron chi connectivity index (χ3n) is 6.32. The summed E-state index contributed by atoms with van der Waals surface area (Å²) >= 11 is 12.3. The molecular formula is C29H28Cl2N4O3. The lowest BCUT2D eigenvalue weighted by molar-refractivity contribution is 0.0141. The van der Waals surface area contributed by atoms with Crippen molar-refractivity contribution >= 4 is 40.8 Å². The maximum Gasteiger partial charge on any atom is 0.410 e. The van der Waals surface area contributed by atoms with E-state index in [4.69, 9.17) is 32.9 Å². The summed E-state index contributed by atoms with van der Waals surface area (Å²) in [7, 11) is 0. The number of nitrogens with zero attached hydrogens (tertiary/aromatic N) is 4. The lowest BCUT2D eigenvalue weighted by Crippen LogP contribution is -2.51. The van der Waals surface area contributed by atoms with Gasteiger partial charge in [0, 0.05) is 53.5 Å². The topological polar surface area (TPSA) is 67.2 Å². The van der Waals surface area contributed by atoms with Crippen molar-refractivity contribution in [1.82, 2.24) is 19.2 Å². The van der Waals surface area contributed by atoms with Crippen LogP contribution < -0.4 is 0 Å². The molecule has 196 valence electrons. The van der Waals surface area contributed by atoms with E-state index in [0.717, 1.165) is 22.5 Å². The molecule has 1 aliphatic heterocycles. The molecule has 0 unspecified atom stereocenters. The van der Waals surface area contributed by atoms with Gasteiger partial charge in [-0.3, -0.25) is 9.20 Å². The fourth-order valence-electron chi connectivity index (χ4n) is 4.46. The van der Waals surface area contributed by atoms with Gasteiger partial charge in [0.15, 0.2) is 0 Å². The fraction of sp³-hybridized carbons (Fsp3) is 0.276. The zero-order chi connectivity index (χ0) is 27.0. The number of hydrogen-bond donors (Lipinski definition) is 0. The van der Waals surface area contributed by atoms with Crippen molar-refractivity contribution in [3.63, 3.8) is 0 Å². The summed E-state index contributed by atoms with van der Waals surface area (Å²) in [6, 6.07) is 18.7. The van der Waals surface area contributed by atoms with Crippen molar-refractivity contribution in [2.45, 2.75) is 26.4 Å². The van der Waals surface area contributed by atoms with Gasteiger partial charge in [-0.15, -0.1) is 0 Å². The van der Waals surface area contributed by atoms with Crippen LogP contribution in [0, 0.1) is 0 Å². The lowest BCUT2D eigenvalue weighted by atomic mass is 10.0. The number of halogens is 2. The van der Waals surface area contributed by atoms with Crippen molar-refractivity contribution in [2.75, 3.05) is 26.2 Å². The van der Waals surface area contributed by atoms with Crippen molar-refractivity contribution in [1.29, 1.82) is 0 Å². The number of rotatable bonds is 3. The molecule has 2 aromatic carbocycles. The Morgan fingerprint density at radius 1 is 0.789 bits per heavy atom. The lowest BCUT2D eigenvalue weighted by Gasteiger charge is -2.35. The van der Waals surface area contributed by atoms with E-state index in [9.17, 15) is 9.59 Å². The molecule has 5 rings (SSSR count). The summed E-state index contributed by atoms with van der Waals surface area (Å²) in [5.74, 6) is -0.0977. The molecule has 0 spiro atoms. The highest BCUT2D eigenvalue weighted by atomic mass is 35.5. The van der Waals surface area contributed by atoms with E-state index in [0.29, 0.717) is 47.4 Å². The largest absolute Gasteiger partial charge is 0.444 e. The molecule has 0 radical (unpaired) electrons. The van der Waals surface area contributed by atoms with Gasteiger partial charge < -0.3 is 14.5 Å². The van der Waals surface area contributed by atoms with Gasteiger partial charge in [0.25, 0.3) is 5.91 Å². The summed E-state index contributed by atoms with van der Waals surface area (Å²) in [5.41, 5.74) is 4.15. The van der Waals surface area contributed by atoms with Crippen molar-refractivity contribution in [2.24, 2.45) is 0 Å². The third kappa shape index (κ3) is 5.49. The SMILES string of the molecule is CC(C)(C)OC(=O)N1CCN(C(=O)c2ccc3nc(-c4ccc(Cl)cc4)c(-c4ccc(Cl)cc4)n3c2)CC1. The van der Waals surface area contributed by atoms with E-state index < -0.39 is 5.60 Å². The number of imidazole rings is 1. The molecule has 1 fully saturated rings. The second-order valence-corrected chi connectivity index (χ2v) is 11.1. The summed E-state index contributed by atoms with van der Waals surface area (Å²) < 4.78 is 7.41. The van der Waals surface area contributed by atoms with Crippen molar-refractivity contribution in [3.05, 3.63) is 82.5 Å². The Bertz CT molecular complexity index is 1480. The van der Waals surface area contributed by atoms with Gasteiger partial charge in [-0.05, 0) is 57.2 Å². The van der Waals surface area contributed by atoms with Crippen LogP contribution in [0.15, 0.2) is 66.9 Å². The molecule has 38 heavy (non-hydrogen) atoms. The first kappa shape index (κ1) is 26.1. The predicted molar refractivity (Wildman–Crippen MR) is 150 cm³/mol. The van der Waals surface area contributed by atoms with Crippen LogP contribution in [0.4, 0.5) is 4.79 Å². The summed E-state index contributed by atoms with van der Waals surface area (Å²) in [6.07, 6.45) is 1.47. The van der Waals surface area contributed by atoms with Gasteiger partial charge >= 0.3 is 6.09 Å². The third-order valence-corrected chi connectivity index (χ3v) is 6.82. The molecule has 0 bridgehead atoms. The molecule has 0 N–H and O–H groups in total. The monoisotopic (exact) mass is 550 g/mol. The van der Waals surface area contributed by atoms with Crippen LogP contribution in [0.3, 0.4) is 0 Å². The summed E-state index contributed by atoms with van der Waals surface area (Å²) in [6.45, 7) is 7.23. The average molecular weight is 551 g/mol. The molecule has 1 aliphatic rings. The number of pyridine rings is 1. The van der Waals surface area contributed by atoms with Crippen LogP contribution in [0.5, 0.6) is 0 Å².